The molecule has 0 aromatic carbocycles. The maximum atomic E-state index is 12.3. The lowest BCUT2D eigenvalue weighted by Crippen LogP contribution is -2.45. The predicted octanol–water partition coefficient (Wildman–Crippen LogP) is 10.3. The van der Waals surface area contributed by atoms with E-state index in [4.69, 9.17) is 0 Å². The summed E-state index contributed by atoms with van der Waals surface area (Å²) in [5.41, 5.74) is 0. The molecule has 0 spiro atoms. The van der Waals surface area contributed by atoms with Crippen LogP contribution in [0.5, 0.6) is 0 Å². The number of amides is 1. The Morgan fingerprint density at radius 2 is 1.15 bits per heavy atom. The van der Waals surface area contributed by atoms with Gasteiger partial charge in [-0.2, -0.15) is 0 Å². The van der Waals surface area contributed by atoms with Crippen LogP contribution >= 0.6 is 0 Å². The van der Waals surface area contributed by atoms with Gasteiger partial charge in [-0.15, -0.1) is 0 Å². The predicted molar refractivity (Wildman–Crippen MR) is 203 cm³/mol. The molecule has 3 atom stereocenters. The molecular weight excluding hydrogens is 582 g/mol. The molecule has 47 heavy (non-hydrogen) atoms. The third kappa shape index (κ3) is 33.2. The van der Waals surface area contributed by atoms with Crippen LogP contribution in [0.25, 0.3) is 0 Å². The van der Waals surface area contributed by atoms with Gasteiger partial charge in [0.25, 0.3) is 0 Å². The van der Waals surface area contributed by atoms with Crippen LogP contribution in [-0.4, -0.2) is 46.1 Å². The lowest BCUT2D eigenvalue weighted by molar-refractivity contribution is -0.122. The maximum absolute atomic E-state index is 12.3. The minimum Gasteiger partial charge on any atom is -0.394 e. The van der Waals surface area contributed by atoms with E-state index in [0.717, 1.165) is 38.5 Å². The van der Waals surface area contributed by atoms with Crippen molar-refractivity contribution < 1.29 is 20.1 Å². The number of carbonyl (C=O) groups is 1. The lowest BCUT2D eigenvalue weighted by Gasteiger charge is -2.19. The average Bonchev–Trinajstić information content (AvgIpc) is 3.07. The molecule has 5 heteroatoms. The molecule has 0 radical (unpaired) electrons. The van der Waals surface area contributed by atoms with Gasteiger partial charge in [-0.3, -0.25) is 4.79 Å². The van der Waals surface area contributed by atoms with Crippen LogP contribution in [-0.2, 0) is 4.79 Å². The molecule has 5 nitrogen and oxygen atoms in total. The molecule has 0 aromatic rings. The average molecular weight is 654 g/mol. The van der Waals surface area contributed by atoms with Gasteiger partial charge in [0.05, 0.1) is 24.9 Å². The molecule has 4 N–H and O–H groups in total. The summed E-state index contributed by atoms with van der Waals surface area (Å²) in [7, 11) is 0. The summed E-state index contributed by atoms with van der Waals surface area (Å²) < 4.78 is 0. The second kappa shape index (κ2) is 36.4. The number of rotatable bonds is 32. The first kappa shape index (κ1) is 44.5. The molecule has 268 valence electrons. The molecule has 0 rings (SSSR count). The van der Waals surface area contributed by atoms with Crippen molar-refractivity contribution in [3.8, 4) is 0 Å². The molecule has 1 unspecified atom stereocenters. The standard InChI is InChI=1S/C42H71NO4/c1-3-5-7-8-9-10-11-12-13-16-19-22-25-28-32-36-41(46)40(38-44)43-42(47)37-33-29-26-23-20-17-14-15-18-21-24-27-31-35-39(45)34-30-6-4-2/h6,15,17-18,20,24,26-27,29-32,35-36,39-41,44-46H,3-5,7-14,16,19,21-23,25,28,33-34,37-38H2,1-2H3,(H,43,47)/b18-15-,20-17-,27-24+,29-26-,30-6-,35-31+,36-32+/t39?,40-,41+/m0/s1. The Balaban J connectivity index is 3.86. The van der Waals surface area contributed by atoms with E-state index >= 15 is 0 Å². The van der Waals surface area contributed by atoms with E-state index in [1.54, 1.807) is 12.2 Å². The van der Waals surface area contributed by atoms with Gasteiger partial charge in [0.15, 0.2) is 0 Å². The Morgan fingerprint density at radius 3 is 1.72 bits per heavy atom. The molecule has 0 heterocycles. The topological polar surface area (TPSA) is 89.8 Å². The largest absolute Gasteiger partial charge is 0.394 e. The Kier molecular flexibility index (Phi) is 34.5. The third-order valence-electron chi connectivity index (χ3n) is 7.98. The first-order valence-electron chi connectivity index (χ1n) is 18.9. The fourth-order valence-electron chi connectivity index (χ4n) is 5.05. The normalized spacial score (nSPS) is 14.7. The van der Waals surface area contributed by atoms with Crippen LogP contribution < -0.4 is 5.32 Å². The van der Waals surface area contributed by atoms with Crippen LogP contribution in [0.3, 0.4) is 0 Å². The van der Waals surface area contributed by atoms with Gasteiger partial charge in [0.2, 0.25) is 5.91 Å². The van der Waals surface area contributed by atoms with Gasteiger partial charge in [-0.25, -0.2) is 0 Å². The van der Waals surface area contributed by atoms with Crippen molar-refractivity contribution in [2.75, 3.05) is 6.61 Å². The van der Waals surface area contributed by atoms with Gasteiger partial charge in [0.1, 0.15) is 0 Å². The van der Waals surface area contributed by atoms with Crippen LogP contribution in [0.1, 0.15) is 149 Å². The number of carbonyl (C=O) groups excluding carboxylic acids is 1. The summed E-state index contributed by atoms with van der Waals surface area (Å²) in [5, 5.41) is 32.6. The molecule has 0 aliphatic heterocycles. The molecule has 0 aliphatic rings. The highest BCUT2D eigenvalue weighted by Gasteiger charge is 2.17. The number of hydrogen-bond donors (Lipinski definition) is 4. The van der Waals surface area contributed by atoms with Gasteiger partial charge in [0, 0.05) is 6.42 Å². The highest BCUT2D eigenvalue weighted by Crippen LogP contribution is 2.13. The second-order valence-corrected chi connectivity index (χ2v) is 12.5. The number of aliphatic hydroxyl groups excluding tert-OH is 3. The molecule has 0 aliphatic carbocycles. The first-order chi connectivity index (χ1) is 23.0. The van der Waals surface area contributed by atoms with E-state index in [9.17, 15) is 20.1 Å². The van der Waals surface area contributed by atoms with Gasteiger partial charge < -0.3 is 20.6 Å². The van der Waals surface area contributed by atoms with E-state index in [0.29, 0.717) is 19.3 Å². The molecule has 0 fully saturated rings. The van der Waals surface area contributed by atoms with E-state index < -0.39 is 18.2 Å². The molecule has 0 saturated carbocycles. The highest BCUT2D eigenvalue weighted by molar-refractivity contribution is 5.76. The van der Waals surface area contributed by atoms with Crippen molar-refractivity contribution in [1.29, 1.82) is 0 Å². The fraction of sp³-hybridized carbons (Fsp3) is 0.643. The van der Waals surface area contributed by atoms with Gasteiger partial charge in [-0.1, -0.05) is 176 Å². The number of nitrogens with one attached hydrogen (secondary N) is 1. The van der Waals surface area contributed by atoms with Gasteiger partial charge >= 0.3 is 0 Å². The Hall–Kier alpha value is -2.47. The molecule has 1 amide bonds. The molecular formula is C42H71NO4. The number of hydrogen-bond acceptors (Lipinski definition) is 4. The zero-order valence-electron chi connectivity index (χ0n) is 30.1. The summed E-state index contributed by atoms with van der Waals surface area (Å²) in [6.45, 7) is 4.05. The van der Waals surface area contributed by atoms with Crippen LogP contribution in [0.15, 0.2) is 85.1 Å². The zero-order valence-corrected chi connectivity index (χ0v) is 30.1. The van der Waals surface area contributed by atoms with Crippen LogP contribution in [0.2, 0.25) is 0 Å². The third-order valence-corrected chi connectivity index (χ3v) is 7.98. The number of allylic oxidation sites excluding steroid dienone is 11. The summed E-state index contributed by atoms with van der Waals surface area (Å²) >= 11 is 0. The summed E-state index contributed by atoms with van der Waals surface area (Å²) in [6, 6.07) is -0.678. The zero-order chi connectivity index (χ0) is 34.5. The van der Waals surface area contributed by atoms with Gasteiger partial charge in [-0.05, 0) is 51.4 Å². The quantitative estimate of drug-likeness (QED) is 0.0330. The monoisotopic (exact) mass is 654 g/mol. The Morgan fingerprint density at radius 1 is 0.596 bits per heavy atom. The summed E-state index contributed by atoms with van der Waals surface area (Å²) in [6.07, 6.45) is 50.0. The summed E-state index contributed by atoms with van der Waals surface area (Å²) in [5.74, 6) is -0.164. The Labute approximate surface area is 289 Å². The number of aliphatic hydroxyl groups is 3. The van der Waals surface area contributed by atoms with E-state index in [-0.39, 0.29) is 12.5 Å². The van der Waals surface area contributed by atoms with Crippen LogP contribution in [0.4, 0.5) is 0 Å². The number of unbranched alkanes of at least 4 members (excludes halogenated alkanes) is 13. The maximum Gasteiger partial charge on any atom is 0.220 e. The minimum absolute atomic E-state index is 0.164. The van der Waals surface area contributed by atoms with E-state index in [1.807, 2.05) is 36.5 Å². The van der Waals surface area contributed by atoms with Crippen molar-refractivity contribution in [2.24, 2.45) is 0 Å². The first-order valence-corrected chi connectivity index (χ1v) is 18.9. The van der Waals surface area contributed by atoms with Crippen molar-refractivity contribution in [3.05, 3.63) is 85.1 Å². The molecule has 0 bridgehead atoms. The fourth-order valence-corrected chi connectivity index (χ4v) is 5.05. The van der Waals surface area contributed by atoms with Crippen molar-refractivity contribution >= 4 is 5.91 Å². The Bertz CT molecular complexity index is 898. The minimum atomic E-state index is -0.884. The van der Waals surface area contributed by atoms with E-state index in [1.165, 1.54) is 77.0 Å². The smallest absolute Gasteiger partial charge is 0.220 e. The molecule has 0 saturated heterocycles. The van der Waals surface area contributed by atoms with Crippen molar-refractivity contribution in [1.82, 2.24) is 5.32 Å². The SMILES string of the molecule is CC/C=C\CC(O)/C=C/C=C/C/C=C\C/C=C\C/C=C\CCC(=O)N[C@@H](CO)[C@H](O)/C=C/CCCCCCCCCCCCCCC. The van der Waals surface area contributed by atoms with Crippen molar-refractivity contribution in [3.63, 3.8) is 0 Å². The van der Waals surface area contributed by atoms with Crippen LogP contribution in [0, 0.1) is 0 Å². The lowest BCUT2D eigenvalue weighted by atomic mass is 10.0. The van der Waals surface area contributed by atoms with E-state index in [2.05, 4.69) is 55.6 Å². The molecule has 0 aromatic heterocycles. The second-order valence-electron chi connectivity index (χ2n) is 12.5. The van der Waals surface area contributed by atoms with Crippen molar-refractivity contribution in [2.45, 2.75) is 167 Å². The highest BCUT2D eigenvalue weighted by atomic mass is 16.3. The summed E-state index contributed by atoms with van der Waals surface area (Å²) in [4.78, 5) is 12.3.